The first kappa shape index (κ1) is 16.7. The summed E-state index contributed by atoms with van der Waals surface area (Å²) in [5.74, 6) is 1.65. The summed E-state index contributed by atoms with van der Waals surface area (Å²) in [5.41, 5.74) is 0. The smallest absolute Gasteiger partial charge is 0.209 e. The molecule has 120 valence electrons. The number of rotatable bonds is 8. The molecule has 6 nitrogen and oxygen atoms in total. The van der Waals surface area contributed by atoms with Gasteiger partial charge in [0.05, 0.1) is 13.2 Å². The molecule has 1 aliphatic rings. The summed E-state index contributed by atoms with van der Waals surface area (Å²) in [6, 6.07) is 0. The van der Waals surface area contributed by atoms with Gasteiger partial charge in [-0.25, -0.2) is 4.68 Å². The molecule has 1 aliphatic carbocycles. The number of hydrogen-bond acceptors (Lipinski definition) is 6. The zero-order chi connectivity index (χ0) is 15.1. The van der Waals surface area contributed by atoms with E-state index in [0.29, 0.717) is 5.25 Å². The Morgan fingerprint density at radius 3 is 2.90 bits per heavy atom. The summed E-state index contributed by atoms with van der Waals surface area (Å²) in [4.78, 5) is 0. The van der Waals surface area contributed by atoms with Crippen molar-refractivity contribution >= 4 is 11.8 Å². The third-order valence-electron chi connectivity index (χ3n) is 4.30. The largest absolute Gasteiger partial charge is 0.383 e. The molecule has 0 aliphatic heterocycles. The molecule has 3 atom stereocenters. The lowest BCUT2D eigenvalue weighted by molar-refractivity contribution is 0.199. The fourth-order valence-corrected chi connectivity index (χ4v) is 3.94. The molecule has 7 heteroatoms. The Balaban J connectivity index is 1.77. The number of nitrogens with zero attached hydrogens (tertiary/aromatic N) is 4. The first-order chi connectivity index (χ1) is 10.2. The van der Waals surface area contributed by atoms with Gasteiger partial charge in [0.1, 0.15) is 0 Å². The summed E-state index contributed by atoms with van der Waals surface area (Å²) < 4.78 is 6.92. The summed E-state index contributed by atoms with van der Waals surface area (Å²) >= 11 is 1.85. The van der Waals surface area contributed by atoms with Crippen LogP contribution in [0.5, 0.6) is 0 Å². The molecule has 1 N–H and O–H groups in total. The van der Waals surface area contributed by atoms with Crippen molar-refractivity contribution in [3.63, 3.8) is 0 Å². The van der Waals surface area contributed by atoms with Crippen molar-refractivity contribution in [1.82, 2.24) is 25.5 Å². The van der Waals surface area contributed by atoms with Crippen LogP contribution < -0.4 is 5.32 Å². The number of aromatic nitrogens is 4. The van der Waals surface area contributed by atoms with E-state index in [2.05, 4.69) is 34.7 Å². The molecule has 0 aromatic carbocycles. The summed E-state index contributed by atoms with van der Waals surface area (Å²) in [6.45, 7) is 7.98. The van der Waals surface area contributed by atoms with Gasteiger partial charge in [-0.15, -0.1) is 5.10 Å². The minimum atomic E-state index is 0.655. The molecule has 0 spiro atoms. The van der Waals surface area contributed by atoms with Gasteiger partial charge >= 0.3 is 0 Å². The highest BCUT2D eigenvalue weighted by Crippen LogP contribution is 2.37. The van der Waals surface area contributed by atoms with E-state index < -0.39 is 0 Å². The third-order valence-corrected chi connectivity index (χ3v) is 5.57. The van der Waals surface area contributed by atoms with Crippen LogP contribution >= 0.6 is 11.8 Å². The highest BCUT2D eigenvalue weighted by atomic mass is 32.2. The maximum atomic E-state index is 5.01. The molecule has 1 heterocycles. The summed E-state index contributed by atoms with van der Waals surface area (Å²) in [6.07, 6.45) is 3.86. The Kier molecular flexibility index (Phi) is 6.92. The van der Waals surface area contributed by atoms with Crippen molar-refractivity contribution < 1.29 is 4.74 Å². The molecule has 21 heavy (non-hydrogen) atoms. The number of methoxy groups -OCH3 is 1. The van der Waals surface area contributed by atoms with Crippen molar-refractivity contribution in [2.75, 3.05) is 26.8 Å². The minimum absolute atomic E-state index is 0.655. The van der Waals surface area contributed by atoms with Crippen LogP contribution in [-0.2, 0) is 11.3 Å². The van der Waals surface area contributed by atoms with E-state index >= 15 is 0 Å². The zero-order valence-corrected chi connectivity index (χ0v) is 14.1. The van der Waals surface area contributed by atoms with Gasteiger partial charge in [-0.05, 0) is 41.5 Å². The number of tetrazole rings is 1. The molecule has 1 fully saturated rings. The van der Waals surface area contributed by atoms with E-state index in [1.54, 1.807) is 7.11 Å². The van der Waals surface area contributed by atoms with E-state index in [1.807, 2.05) is 16.4 Å². The number of nitrogens with one attached hydrogen (secondary N) is 1. The number of hydrogen-bond donors (Lipinski definition) is 1. The Morgan fingerprint density at radius 2 is 2.14 bits per heavy atom. The Morgan fingerprint density at radius 1 is 1.29 bits per heavy atom. The average Bonchev–Trinajstić information content (AvgIpc) is 2.90. The number of ether oxygens (including phenoxy) is 1. The van der Waals surface area contributed by atoms with Crippen LogP contribution in [-0.4, -0.2) is 52.3 Å². The zero-order valence-electron chi connectivity index (χ0n) is 13.3. The van der Waals surface area contributed by atoms with Gasteiger partial charge in [-0.3, -0.25) is 0 Å². The lowest BCUT2D eigenvalue weighted by Gasteiger charge is -2.31. The van der Waals surface area contributed by atoms with Gasteiger partial charge in [-0.1, -0.05) is 25.6 Å². The predicted octanol–water partition coefficient (Wildman–Crippen LogP) is 1.83. The van der Waals surface area contributed by atoms with Crippen LogP contribution in [0, 0.1) is 11.8 Å². The van der Waals surface area contributed by atoms with Crippen molar-refractivity contribution in [3.05, 3.63) is 0 Å². The molecule has 1 saturated carbocycles. The van der Waals surface area contributed by atoms with Crippen LogP contribution in [0.25, 0.3) is 0 Å². The van der Waals surface area contributed by atoms with E-state index in [4.69, 9.17) is 4.74 Å². The second kappa shape index (κ2) is 8.70. The molecule has 1 aromatic rings. The predicted molar refractivity (Wildman–Crippen MR) is 84.4 cm³/mol. The highest BCUT2D eigenvalue weighted by Gasteiger charge is 2.26. The van der Waals surface area contributed by atoms with Crippen LogP contribution in [0.2, 0.25) is 0 Å². The Hall–Kier alpha value is -0.660. The third kappa shape index (κ3) is 5.23. The highest BCUT2D eigenvalue weighted by molar-refractivity contribution is 7.99. The normalized spacial score (nSPS) is 26.1. The summed E-state index contributed by atoms with van der Waals surface area (Å²) in [5, 5.41) is 17.0. The van der Waals surface area contributed by atoms with E-state index in [0.717, 1.165) is 43.2 Å². The van der Waals surface area contributed by atoms with Crippen molar-refractivity contribution in [1.29, 1.82) is 0 Å². The van der Waals surface area contributed by atoms with E-state index in [-0.39, 0.29) is 0 Å². The monoisotopic (exact) mass is 313 g/mol. The molecular weight excluding hydrogens is 286 g/mol. The van der Waals surface area contributed by atoms with Gasteiger partial charge in [-0.2, -0.15) is 0 Å². The van der Waals surface area contributed by atoms with Gasteiger partial charge in [0.15, 0.2) is 0 Å². The SMILES string of the molecule is COCCNCCn1nnnc1SC1CCC(C)C(C)C1. The Labute approximate surface area is 131 Å². The van der Waals surface area contributed by atoms with E-state index in [9.17, 15) is 0 Å². The fourth-order valence-electron chi connectivity index (χ4n) is 2.66. The van der Waals surface area contributed by atoms with E-state index in [1.165, 1.54) is 19.3 Å². The van der Waals surface area contributed by atoms with Gasteiger partial charge in [0, 0.05) is 25.4 Å². The minimum Gasteiger partial charge on any atom is -0.383 e. The lowest BCUT2D eigenvalue weighted by atomic mass is 9.81. The summed E-state index contributed by atoms with van der Waals surface area (Å²) in [7, 11) is 1.71. The van der Waals surface area contributed by atoms with Gasteiger partial charge in [0.25, 0.3) is 0 Å². The van der Waals surface area contributed by atoms with Crippen molar-refractivity contribution in [2.45, 2.75) is 50.1 Å². The van der Waals surface area contributed by atoms with Crippen LogP contribution in [0.1, 0.15) is 33.1 Å². The second-order valence-corrected chi connectivity index (χ2v) is 7.20. The first-order valence-corrected chi connectivity index (χ1v) is 8.71. The first-order valence-electron chi connectivity index (χ1n) is 7.83. The quantitative estimate of drug-likeness (QED) is 0.739. The molecule has 2 rings (SSSR count). The van der Waals surface area contributed by atoms with Gasteiger partial charge in [0.2, 0.25) is 5.16 Å². The molecule has 3 unspecified atom stereocenters. The second-order valence-electron chi connectivity index (χ2n) is 5.93. The molecule has 0 radical (unpaired) electrons. The van der Waals surface area contributed by atoms with Gasteiger partial charge < -0.3 is 10.1 Å². The molecule has 0 bridgehead atoms. The topological polar surface area (TPSA) is 64.9 Å². The van der Waals surface area contributed by atoms with Crippen molar-refractivity contribution in [2.24, 2.45) is 11.8 Å². The van der Waals surface area contributed by atoms with Crippen LogP contribution in [0.4, 0.5) is 0 Å². The average molecular weight is 313 g/mol. The Bertz CT molecular complexity index is 414. The fraction of sp³-hybridized carbons (Fsp3) is 0.929. The molecule has 1 aromatic heterocycles. The van der Waals surface area contributed by atoms with Crippen LogP contribution in [0.3, 0.4) is 0 Å². The van der Waals surface area contributed by atoms with Crippen LogP contribution in [0.15, 0.2) is 5.16 Å². The number of thioether (sulfide) groups is 1. The van der Waals surface area contributed by atoms with Crippen molar-refractivity contribution in [3.8, 4) is 0 Å². The maximum absolute atomic E-state index is 5.01. The standard InChI is InChI=1S/C14H27N5OS/c1-11-4-5-13(10-12(11)2)21-14-16-17-18-19(14)8-6-15-7-9-20-3/h11-13,15H,4-10H2,1-3H3. The maximum Gasteiger partial charge on any atom is 0.209 e. The molecular formula is C14H27N5OS. The molecule has 0 amide bonds. The molecule has 0 saturated heterocycles. The lowest BCUT2D eigenvalue weighted by Crippen LogP contribution is -2.25.